The molecule has 0 N–H and O–H groups in total. The van der Waals surface area contributed by atoms with Gasteiger partial charge < -0.3 is 4.74 Å². The van der Waals surface area contributed by atoms with Crippen molar-refractivity contribution in [1.82, 2.24) is 0 Å². The summed E-state index contributed by atoms with van der Waals surface area (Å²) in [7, 11) is 0. The molecule has 1 aromatic rings. The molecule has 0 heterocycles. The van der Waals surface area contributed by atoms with Gasteiger partial charge in [-0.1, -0.05) is 13.3 Å². The SMILES string of the molecule is CCCCOc1c(F)cc(F)cc1C#N. The molecule has 0 aliphatic carbocycles. The van der Waals surface area contributed by atoms with Gasteiger partial charge in [-0.25, -0.2) is 8.78 Å². The third-order valence-corrected chi connectivity index (χ3v) is 1.87. The molecule has 0 saturated heterocycles. The van der Waals surface area contributed by atoms with E-state index in [1.807, 2.05) is 6.92 Å². The van der Waals surface area contributed by atoms with E-state index < -0.39 is 11.6 Å². The zero-order valence-electron chi connectivity index (χ0n) is 8.39. The second kappa shape index (κ2) is 5.30. The van der Waals surface area contributed by atoms with E-state index >= 15 is 0 Å². The van der Waals surface area contributed by atoms with E-state index in [-0.39, 0.29) is 11.3 Å². The van der Waals surface area contributed by atoms with Crippen molar-refractivity contribution in [3.05, 3.63) is 29.3 Å². The second-order valence-electron chi connectivity index (χ2n) is 3.08. The maximum absolute atomic E-state index is 13.2. The quantitative estimate of drug-likeness (QED) is 0.717. The summed E-state index contributed by atoms with van der Waals surface area (Å²) >= 11 is 0. The van der Waals surface area contributed by atoms with Gasteiger partial charge in [0.25, 0.3) is 0 Å². The summed E-state index contributed by atoms with van der Waals surface area (Å²) in [6.07, 6.45) is 1.67. The summed E-state index contributed by atoms with van der Waals surface area (Å²) < 4.78 is 31.0. The molecule has 0 aliphatic rings. The molecule has 0 aromatic heterocycles. The van der Waals surface area contributed by atoms with Gasteiger partial charge in [-0.3, -0.25) is 0 Å². The van der Waals surface area contributed by atoms with Crippen molar-refractivity contribution in [3.63, 3.8) is 0 Å². The summed E-state index contributed by atoms with van der Waals surface area (Å²) in [5, 5.41) is 8.66. The van der Waals surface area contributed by atoms with Gasteiger partial charge in [0, 0.05) is 6.07 Å². The molecule has 0 amide bonds. The fourth-order valence-corrected chi connectivity index (χ4v) is 1.11. The van der Waals surface area contributed by atoms with Crippen LogP contribution in [0.3, 0.4) is 0 Å². The molecule has 0 unspecified atom stereocenters. The highest BCUT2D eigenvalue weighted by Crippen LogP contribution is 2.23. The van der Waals surface area contributed by atoms with Crippen LogP contribution in [0.5, 0.6) is 5.75 Å². The minimum atomic E-state index is -0.831. The van der Waals surface area contributed by atoms with Crippen molar-refractivity contribution in [2.45, 2.75) is 19.8 Å². The molecule has 0 bridgehead atoms. The van der Waals surface area contributed by atoms with E-state index in [4.69, 9.17) is 10.00 Å². The number of nitrogens with zero attached hydrogens (tertiary/aromatic N) is 1. The molecule has 4 heteroatoms. The van der Waals surface area contributed by atoms with Crippen LogP contribution < -0.4 is 4.74 Å². The Morgan fingerprint density at radius 1 is 1.40 bits per heavy atom. The third kappa shape index (κ3) is 2.91. The van der Waals surface area contributed by atoms with Crippen molar-refractivity contribution in [3.8, 4) is 11.8 Å². The summed E-state index contributed by atoms with van der Waals surface area (Å²) in [4.78, 5) is 0. The maximum Gasteiger partial charge on any atom is 0.172 e. The second-order valence-corrected chi connectivity index (χ2v) is 3.08. The summed E-state index contributed by atoms with van der Waals surface area (Å²) in [5.41, 5.74) is -0.108. The van der Waals surface area contributed by atoms with E-state index in [1.165, 1.54) is 0 Å². The number of hydrogen-bond acceptors (Lipinski definition) is 2. The first kappa shape index (κ1) is 11.4. The van der Waals surface area contributed by atoms with Gasteiger partial charge in [0.2, 0.25) is 0 Å². The topological polar surface area (TPSA) is 33.0 Å². The Morgan fingerprint density at radius 3 is 2.73 bits per heavy atom. The van der Waals surface area contributed by atoms with Crippen LogP contribution in [-0.4, -0.2) is 6.61 Å². The summed E-state index contributed by atoms with van der Waals surface area (Å²) in [6.45, 7) is 2.29. The van der Waals surface area contributed by atoms with Crippen LogP contribution in [0.25, 0.3) is 0 Å². The number of halogens is 2. The molecule has 0 radical (unpaired) electrons. The lowest BCUT2D eigenvalue weighted by Crippen LogP contribution is -2.01. The fraction of sp³-hybridized carbons (Fsp3) is 0.364. The Labute approximate surface area is 87.1 Å². The van der Waals surface area contributed by atoms with Gasteiger partial charge >= 0.3 is 0 Å². The Balaban J connectivity index is 2.90. The average molecular weight is 211 g/mol. The third-order valence-electron chi connectivity index (χ3n) is 1.87. The van der Waals surface area contributed by atoms with Gasteiger partial charge in [-0.15, -0.1) is 0 Å². The highest BCUT2D eigenvalue weighted by molar-refractivity contribution is 5.44. The molecular formula is C11H11F2NO. The minimum Gasteiger partial charge on any atom is -0.489 e. The Hall–Kier alpha value is -1.63. The van der Waals surface area contributed by atoms with E-state index in [0.717, 1.165) is 18.9 Å². The van der Waals surface area contributed by atoms with Crippen LogP contribution in [-0.2, 0) is 0 Å². The van der Waals surface area contributed by atoms with Gasteiger partial charge in [0.1, 0.15) is 11.9 Å². The molecule has 0 aliphatic heterocycles. The van der Waals surface area contributed by atoms with E-state index in [2.05, 4.69) is 0 Å². The van der Waals surface area contributed by atoms with Gasteiger partial charge in [-0.2, -0.15) is 5.26 Å². The molecule has 80 valence electrons. The molecule has 0 saturated carbocycles. The summed E-state index contributed by atoms with van der Waals surface area (Å²) in [5.74, 6) is -1.76. The van der Waals surface area contributed by atoms with E-state index in [9.17, 15) is 8.78 Å². The standard InChI is InChI=1S/C11H11F2NO/c1-2-3-4-15-11-8(7-14)5-9(12)6-10(11)13/h5-6H,2-4H2,1H3. The van der Waals surface area contributed by atoms with Crippen molar-refractivity contribution < 1.29 is 13.5 Å². The van der Waals surface area contributed by atoms with Crippen molar-refractivity contribution in [1.29, 1.82) is 5.26 Å². The normalized spacial score (nSPS) is 9.73. The first-order chi connectivity index (χ1) is 7.19. The number of rotatable bonds is 4. The molecule has 15 heavy (non-hydrogen) atoms. The number of benzene rings is 1. The molecule has 2 nitrogen and oxygen atoms in total. The lowest BCUT2D eigenvalue weighted by atomic mass is 10.2. The Morgan fingerprint density at radius 2 is 2.13 bits per heavy atom. The number of ether oxygens (including phenoxy) is 1. The predicted molar refractivity (Wildman–Crippen MR) is 51.5 cm³/mol. The average Bonchev–Trinajstić information content (AvgIpc) is 2.20. The molecule has 0 fully saturated rings. The van der Waals surface area contributed by atoms with Crippen LogP contribution in [0.4, 0.5) is 8.78 Å². The monoisotopic (exact) mass is 211 g/mol. The predicted octanol–water partition coefficient (Wildman–Crippen LogP) is 3.02. The smallest absolute Gasteiger partial charge is 0.172 e. The molecule has 0 spiro atoms. The van der Waals surface area contributed by atoms with Crippen molar-refractivity contribution in [2.24, 2.45) is 0 Å². The first-order valence-electron chi connectivity index (χ1n) is 4.71. The van der Waals surface area contributed by atoms with Crippen molar-refractivity contribution >= 4 is 0 Å². The highest BCUT2D eigenvalue weighted by Gasteiger charge is 2.12. The molecule has 0 atom stereocenters. The van der Waals surface area contributed by atoms with Crippen LogP contribution >= 0.6 is 0 Å². The Bertz CT molecular complexity index is 385. The molecule has 1 rings (SSSR count). The number of nitriles is 1. The largest absolute Gasteiger partial charge is 0.489 e. The van der Waals surface area contributed by atoms with Crippen LogP contribution in [0, 0.1) is 23.0 Å². The maximum atomic E-state index is 13.2. The first-order valence-corrected chi connectivity index (χ1v) is 4.71. The number of unbranched alkanes of at least 4 members (excludes halogenated alkanes) is 1. The van der Waals surface area contributed by atoms with Gasteiger partial charge in [0.05, 0.1) is 12.2 Å². The zero-order chi connectivity index (χ0) is 11.3. The van der Waals surface area contributed by atoms with Gasteiger partial charge in [0.15, 0.2) is 11.6 Å². The van der Waals surface area contributed by atoms with Crippen molar-refractivity contribution in [2.75, 3.05) is 6.61 Å². The van der Waals surface area contributed by atoms with Crippen LogP contribution in [0.1, 0.15) is 25.3 Å². The fourth-order valence-electron chi connectivity index (χ4n) is 1.11. The van der Waals surface area contributed by atoms with E-state index in [0.29, 0.717) is 12.7 Å². The molecule has 1 aromatic carbocycles. The lowest BCUT2D eigenvalue weighted by molar-refractivity contribution is 0.292. The summed E-state index contributed by atoms with van der Waals surface area (Å²) in [6, 6.07) is 3.37. The van der Waals surface area contributed by atoms with Crippen LogP contribution in [0.15, 0.2) is 12.1 Å². The lowest BCUT2D eigenvalue weighted by Gasteiger charge is -2.08. The number of hydrogen-bond donors (Lipinski definition) is 0. The van der Waals surface area contributed by atoms with Crippen LogP contribution in [0.2, 0.25) is 0 Å². The Kier molecular flexibility index (Phi) is 4.04. The highest BCUT2D eigenvalue weighted by atomic mass is 19.1. The van der Waals surface area contributed by atoms with Gasteiger partial charge in [-0.05, 0) is 12.5 Å². The van der Waals surface area contributed by atoms with E-state index in [1.54, 1.807) is 6.07 Å². The minimum absolute atomic E-state index is 0.108. The molecular weight excluding hydrogens is 200 g/mol. The zero-order valence-corrected chi connectivity index (χ0v) is 8.39.